The molecule has 82 valence electrons. The molecule has 2 fully saturated rings. The van der Waals surface area contributed by atoms with E-state index in [1.807, 2.05) is 21.5 Å². The topological polar surface area (TPSA) is 39.0 Å². The molecule has 3 rings (SSSR count). The molecule has 0 spiro atoms. The van der Waals surface area contributed by atoms with E-state index >= 15 is 0 Å². The van der Waals surface area contributed by atoms with E-state index in [-0.39, 0.29) is 5.69 Å². The van der Waals surface area contributed by atoms with E-state index in [9.17, 15) is 4.79 Å². The van der Waals surface area contributed by atoms with E-state index in [4.69, 9.17) is 0 Å². The Morgan fingerprint density at radius 2 is 2.20 bits per heavy atom. The highest BCUT2D eigenvalue weighted by Crippen LogP contribution is 2.33. The van der Waals surface area contributed by atoms with Crippen molar-refractivity contribution in [2.45, 2.75) is 44.3 Å². The Balaban J connectivity index is 1.76. The van der Waals surface area contributed by atoms with Crippen molar-refractivity contribution >= 4 is 0 Å². The van der Waals surface area contributed by atoms with Gasteiger partial charge >= 0.3 is 5.69 Å². The van der Waals surface area contributed by atoms with E-state index in [1.165, 1.54) is 25.7 Å². The molecule has 0 bridgehead atoms. The summed E-state index contributed by atoms with van der Waals surface area (Å²) < 4.78 is 3.73. The van der Waals surface area contributed by atoms with Crippen LogP contribution in [0, 0.1) is 0 Å². The maximum atomic E-state index is 11.9. The number of aromatic nitrogens is 2. The lowest BCUT2D eigenvalue weighted by Gasteiger charge is -2.09. The summed E-state index contributed by atoms with van der Waals surface area (Å²) in [5, 5.41) is 3.42. The molecule has 1 N–H and O–H groups in total. The predicted molar refractivity (Wildman–Crippen MR) is 58.0 cm³/mol. The predicted octanol–water partition coefficient (Wildman–Crippen LogP) is 0.737. The monoisotopic (exact) mass is 207 g/mol. The largest absolute Gasteiger partial charge is 0.328 e. The molecule has 1 aromatic heterocycles. The minimum Gasteiger partial charge on any atom is -0.312 e. The average molecular weight is 207 g/mol. The zero-order valence-corrected chi connectivity index (χ0v) is 8.85. The first kappa shape index (κ1) is 9.21. The fraction of sp³-hybridized carbons (Fsp3) is 0.727. The van der Waals surface area contributed by atoms with Crippen LogP contribution in [0.5, 0.6) is 0 Å². The van der Waals surface area contributed by atoms with Crippen LogP contribution in [0.2, 0.25) is 0 Å². The van der Waals surface area contributed by atoms with Crippen LogP contribution in [-0.2, 0) is 6.54 Å². The van der Waals surface area contributed by atoms with Gasteiger partial charge in [-0.05, 0) is 32.2 Å². The summed E-state index contributed by atoms with van der Waals surface area (Å²) in [5.41, 5.74) is 0.172. The Hall–Kier alpha value is -1.03. The third-order valence-electron chi connectivity index (χ3n) is 3.39. The van der Waals surface area contributed by atoms with Crippen LogP contribution in [0.1, 0.15) is 31.7 Å². The summed E-state index contributed by atoms with van der Waals surface area (Å²) in [6.07, 6.45) is 8.65. The van der Waals surface area contributed by atoms with Crippen molar-refractivity contribution in [1.82, 2.24) is 14.5 Å². The molecule has 1 aliphatic carbocycles. The number of hydrogen-bond donors (Lipinski definition) is 1. The van der Waals surface area contributed by atoms with Crippen LogP contribution in [0.4, 0.5) is 0 Å². The van der Waals surface area contributed by atoms with Gasteiger partial charge in [0.05, 0.1) is 0 Å². The fourth-order valence-electron chi connectivity index (χ4n) is 2.35. The third-order valence-corrected chi connectivity index (χ3v) is 3.39. The van der Waals surface area contributed by atoms with E-state index in [2.05, 4.69) is 5.32 Å². The molecule has 4 nitrogen and oxygen atoms in total. The molecule has 1 saturated carbocycles. The highest BCUT2D eigenvalue weighted by Gasteiger charge is 2.26. The van der Waals surface area contributed by atoms with Crippen molar-refractivity contribution in [2.75, 3.05) is 6.54 Å². The molecule has 2 aliphatic rings. The molecule has 0 amide bonds. The molecule has 0 radical (unpaired) electrons. The third kappa shape index (κ3) is 1.74. The average Bonchev–Trinajstić information content (AvgIpc) is 2.83. The Kier molecular flexibility index (Phi) is 2.16. The lowest BCUT2D eigenvalue weighted by molar-refractivity contribution is 0.492. The minimum absolute atomic E-state index is 0.172. The standard InChI is InChI=1S/C11H17N3O/c15-11-13(8-9-2-1-5-12-9)6-7-14(11)10-3-4-10/h6-7,9-10,12H,1-5,8H2/t9-/m1/s1. The second kappa shape index (κ2) is 3.52. The van der Waals surface area contributed by atoms with Crippen LogP contribution >= 0.6 is 0 Å². The quantitative estimate of drug-likeness (QED) is 0.794. The molecular weight excluding hydrogens is 190 g/mol. The number of imidazole rings is 1. The molecule has 0 aromatic carbocycles. The first-order chi connectivity index (χ1) is 7.34. The Morgan fingerprint density at radius 1 is 1.33 bits per heavy atom. The normalized spacial score (nSPS) is 26.0. The summed E-state index contributed by atoms with van der Waals surface area (Å²) in [5.74, 6) is 0. The summed E-state index contributed by atoms with van der Waals surface area (Å²) in [4.78, 5) is 11.9. The van der Waals surface area contributed by atoms with Crippen LogP contribution in [0.15, 0.2) is 17.2 Å². The number of nitrogens with one attached hydrogen (secondary N) is 1. The zero-order chi connectivity index (χ0) is 10.3. The van der Waals surface area contributed by atoms with Gasteiger partial charge in [0.15, 0.2) is 0 Å². The van der Waals surface area contributed by atoms with Crippen molar-refractivity contribution in [3.8, 4) is 0 Å². The van der Waals surface area contributed by atoms with Gasteiger partial charge in [-0.15, -0.1) is 0 Å². The maximum Gasteiger partial charge on any atom is 0.328 e. The highest BCUT2D eigenvalue weighted by atomic mass is 16.1. The molecule has 15 heavy (non-hydrogen) atoms. The van der Waals surface area contributed by atoms with Gasteiger partial charge in [0.1, 0.15) is 0 Å². The van der Waals surface area contributed by atoms with E-state index in [0.717, 1.165) is 13.1 Å². The first-order valence-electron chi connectivity index (χ1n) is 5.85. The van der Waals surface area contributed by atoms with Gasteiger partial charge in [-0.1, -0.05) is 0 Å². The Morgan fingerprint density at radius 3 is 2.87 bits per heavy atom. The lowest BCUT2D eigenvalue weighted by atomic mass is 10.2. The van der Waals surface area contributed by atoms with Gasteiger partial charge in [0.2, 0.25) is 0 Å². The number of nitrogens with zero attached hydrogens (tertiary/aromatic N) is 2. The Bertz CT molecular complexity index is 396. The number of rotatable bonds is 3. The van der Waals surface area contributed by atoms with Gasteiger partial charge in [0.25, 0.3) is 0 Å². The van der Waals surface area contributed by atoms with Crippen molar-refractivity contribution in [1.29, 1.82) is 0 Å². The van der Waals surface area contributed by atoms with E-state index < -0.39 is 0 Å². The van der Waals surface area contributed by atoms with Gasteiger partial charge in [-0.3, -0.25) is 9.13 Å². The molecule has 1 aromatic rings. The zero-order valence-electron chi connectivity index (χ0n) is 8.85. The maximum absolute atomic E-state index is 11.9. The van der Waals surface area contributed by atoms with Crippen LogP contribution in [-0.4, -0.2) is 21.7 Å². The Labute approximate surface area is 88.9 Å². The van der Waals surface area contributed by atoms with Gasteiger partial charge in [-0.25, -0.2) is 4.79 Å². The molecular formula is C11H17N3O. The fourth-order valence-corrected chi connectivity index (χ4v) is 2.35. The van der Waals surface area contributed by atoms with Crippen molar-refractivity contribution in [3.63, 3.8) is 0 Å². The molecule has 1 aliphatic heterocycles. The molecule has 4 heteroatoms. The van der Waals surface area contributed by atoms with Crippen molar-refractivity contribution in [2.24, 2.45) is 0 Å². The molecule has 0 unspecified atom stereocenters. The van der Waals surface area contributed by atoms with Crippen LogP contribution in [0.25, 0.3) is 0 Å². The summed E-state index contributed by atoms with van der Waals surface area (Å²) in [6.45, 7) is 1.93. The second-order valence-corrected chi connectivity index (χ2v) is 4.66. The SMILES string of the molecule is O=c1n(C[C@H]2CCCN2)ccn1C1CC1. The first-order valence-corrected chi connectivity index (χ1v) is 5.85. The second-order valence-electron chi connectivity index (χ2n) is 4.66. The van der Waals surface area contributed by atoms with Crippen LogP contribution in [0.3, 0.4) is 0 Å². The molecule has 2 heterocycles. The smallest absolute Gasteiger partial charge is 0.312 e. The minimum atomic E-state index is 0.172. The summed E-state index contributed by atoms with van der Waals surface area (Å²) in [7, 11) is 0. The van der Waals surface area contributed by atoms with Gasteiger partial charge < -0.3 is 5.32 Å². The van der Waals surface area contributed by atoms with Crippen molar-refractivity contribution < 1.29 is 0 Å². The van der Waals surface area contributed by atoms with Crippen LogP contribution < -0.4 is 11.0 Å². The summed E-state index contributed by atoms with van der Waals surface area (Å²) >= 11 is 0. The van der Waals surface area contributed by atoms with Gasteiger partial charge in [-0.2, -0.15) is 0 Å². The van der Waals surface area contributed by atoms with E-state index in [1.54, 1.807) is 0 Å². The van der Waals surface area contributed by atoms with Gasteiger partial charge in [0, 0.05) is 31.0 Å². The van der Waals surface area contributed by atoms with E-state index in [0.29, 0.717) is 12.1 Å². The molecule has 1 atom stereocenters. The summed E-state index contributed by atoms with van der Waals surface area (Å²) in [6, 6.07) is 0.994. The van der Waals surface area contributed by atoms with Crippen molar-refractivity contribution in [3.05, 3.63) is 22.9 Å². The lowest BCUT2D eigenvalue weighted by Crippen LogP contribution is -2.32. The number of hydrogen-bond acceptors (Lipinski definition) is 2. The molecule has 1 saturated heterocycles. The highest BCUT2D eigenvalue weighted by molar-refractivity contribution is 4.92.